The molecule has 0 saturated carbocycles. The molecule has 0 bridgehead atoms. The van der Waals surface area contributed by atoms with Crippen molar-refractivity contribution in [3.05, 3.63) is 12.1 Å². The Kier molecular flexibility index (Phi) is 4.47. The van der Waals surface area contributed by atoms with E-state index in [0.29, 0.717) is 17.6 Å². The number of rotatable bonds is 4. The molecule has 106 valence electrons. The molecule has 19 heavy (non-hydrogen) atoms. The first-order chi connectivity index (χ1) is 9.08. The molecule has 5 nitrogen and oxygen atoms in total. The Labute approximate surface area is 114 Å². The Bertz CT molecular complexity index is 417. The van der Waals surface area contributed by atoms with Crippen LogP contribution < -0.4 is 15.4 Å². The molecule has 1 aliphatic rings. The van der Waals surface area contributed by atoms with Crippen LogP contribution in [0.25, 0.3) is 0 Å². The van der Waals surface area contributed by atoms with Crippen LogP contribution in [-0.2, 0) is 4.74 Å². The van der Waals surface area contributed by atoms with Crippen molar-refractivity contribution in [1.82, 2.24) is 4.98 Å². The minimum absolute atomic E-state index is 0.0680. The van der Waals surface area contributed by atoms with Gasteiger partial charge in [-0.25, -0.2) is 0 Å². The minimum atomic E-state index is 0.0680. The maximum atomic E-state index is 5.89. The molecule has 2 N–H and O–H groups in total. The summed E-state index contributed by atoms with van der Waals surface area (Å²) in [5.41, 5.74) is 6.47. The fourth-order valence-corrected chi connectivity index (χ4v) is 2.22. The summed E-state index contributed by atoms with van der Waals surface area (Å²) in [6, 6.07) is 4.27. The van der Waals surface area contributed by atoms with Crippen LogP contribution in [0.15, 0.2) is 12.1 Å². The molecule has 1 aliphatic heterocycles. The Hall–Kier alpha value is -1.49. The highest BCUT2D eigenvalue weighted by Crippen LogP contribution is 2.26. The molecule has 0 aromatic carbocycles. The van der Waals surface area contributed by atoms with Crippen LogP contribution >= 0.6 is 0 Å². The molecule has 0 unspecified atom stereocenters. The second-order valence-corrected chi connectivity index (χ2v) is 5.18. The van der Waals surface area contributed by atoms with Crippen molar-refractivity contribution in [2.45, 2.75) is 38.8 Å². The summed E-state index contributed by atoms with van der Waals surface area (Å²) in [5, 5.41) is 0. The van der Waals surface area contributed by atoms with Crippen molar-refractivity contribution in [2.24, 2.45) is 0 Å². The van der Waals surface area contributed by atoms with Crippen molar-refractivity contribution in [1.29, 1.82) is 0 Å². The summed E-state index contributed by atoms with van der Waals surface area (Å²) < 4.78 is 11.0. The van der Waals surface area contributed by atoms with Gasteiger partial charge in [0.15, 0.2) is 0 Å². The number of ether oxygens (including phenoxy) is 2. The molecule has 0 amide bonds. The van der Waals surface area contributed by atoms with Crippen molar-refractivity contribution in [3.8, 4) is 5.88 Å². The summed E-state index contributed by atoms with van der Waals surface area (Å²) in [6.07, 6.45) is 2.13. The van der Waals surface area contributed by atoms with E-state index in [-0.39, 0.29) is 6.10 Å². The number of aromatic nitrogens is 1. The second kappa shape index (κ2) is 6.10. The van der Waals surface area contributed by atoms with Crippen LogP contribution in [0.4, 0.5) is 11.5 Å². The molecular weight excluding hydrogens is 242 g/mol. The van der Waals surface area contributed by atoms with Gasteiger partial charge in [0.05, 0.1) is 11.8 Å². The third-order valence-electron chi connectivity index (χ3n) is 3.32. The second-order valence-electron chi connectivity index (χ2n) is 5.18. The fourth-order valence-electron chi connectivity index (χ4n) is 2.22. The van der Waals surface area contributed by atoms with Crippen molar-refractivity contribution >= 4 is 11.5 Å². The molecule has 0 aliphatic carbocycles. The number of anilines is 2. The maximum Gasteiger partial charge on any atom is 0.239 e. The van der Waals surface area contributed by atoms with E-state index in [1.54, 1.807) is 0 Å². The van der Waals surface area contributed by atoms with E-state index in [0.717, 1.165) is 31.9 Å². The number of pyridine rings is 1. The smallest absolute Gasteiger partial charge is 0.239 e. The Morgan fingerprint density at radius 3 is 2.68 bits per heavy atom. The van der Waals surface area contributed by atoms with Gasteiger partial charge in [-0.05, 0) is 38.8 Å². The zero-order chi connectivity index (χ0) is 13.8. The van der Waals surface area contributed by atoms with Gasteiger partial charge in [-0.2, -0.15) is 4.98 Å². The highest BCUT2D eigenvalue weighted by atomic mass is 16.5. The van der Waals surface area contributed by atoms with Crippen LogP contribution in [0, 0.1) is 0 Å². The number of hydrogen-bond acceptors (Lipinski definition) is 5. The quantitative estimate of drug-likeness (QED) is 0.903. The average molecular weight is 265 g/mol. The first kappa shape index (κ1) is 13.9. The Morgan fingerprint density at radius 2 is 2.05 bits per heavy atom. The highest BCUT2D eigenvalue weighted by Gasteiger charge is 2.20. The van der Waals surface area contributed by atoms with Crippen molar-refractivity contribution in [2.75, 3.05) is 30.9 Å². The lowest BCUT2D eigenvalue weighted by Crippen LogP contribution is -2.37. The molecule has 0 atom stereocenters. The lowest BCUT2D eigenvalue weighted by atomic mass is 10.1. The summed E-state index contributed by atoms with van der Waals surface area (Å²) in [6.45, 7) is 5.57. The van der Waals surface area contributed by atoms with Gasteiger partial charge >= 0.3 is 0 Å². The number of hydrogen-bond donors (Lipinski definition) is 1. The molecule has 1 aromatic heterocycles. The van der Waals surface area contributed by atoms with E-state index < -0.39 is 0 Å². The Morgan fingerprint density at radius 1 is 1.37 bits per heavy atom. The van der Waals surface area contributed by atoms with Crippen LogP contribution in [0.5, 0.6) is 5.88 Å². The SMILES string of the molecule is CC(C)Oc1nc(N(C)C2CCOCC2)ccc1N. The molecule has 1 aromatic rings. The van der Waals surface area contributed by atoms with Crippen LogP contribution in [0.3, 0.4) is 0 Å². The van der Waals surface area contributed by atoms with Crippen molar-refractivity contribution in [3.63, 3.8) is 0 Å². The minimum Gasteiger partial charge on any atom is -0.473 e. The zero-order valence-electron chi connectivity index (χ0n) is 11.9. The third-order valence-corrected chi connectivity index (χ3v) is 3.32. The summed E-state index contributed by atoms with van der Waals surface area (Å²) in [7, 11) is 2.06. The standard InChI is InChI=1S/C14H23N3O2/c1-10(2)19-14-12(15)4-5-13(16-14)17(3)11-6-8-18-9-7-11/h4-5,10-11H,6-9,15H2,1-3H3. The van der Waals surface area contributed by atoms with Gasteiger partial charge in [-0.3, -0.25) is 0 Å². The molecule has 5 heteroatoms. The monoisotopic (exact) mass is 265 g/mol. The summed E-state index contributed by atoms with van der Waals surface area (Å²) in [4.78, 5) is 6.72. The van der Waals surface area contributed by atoms with E-state index in [1.165, 1.54) is 0 Å². The molecule has 2 heterocycles. The molecule has 0 radical (unpaired) electrons. The van der Waals surface area contributed by atoms with E-state index >= 15 is 0 Å². The molecule has 1 fully saturated rings. The molecule has 1 saturated heterocycles. The van der Waals surface area contributed by atoms with E-state index in [4.69, 9.17) is 15.2 Å². The predicted octanol–water partition coefficient (Wildman–Crippen LogP) is 2.07. The Balaban J connectivity index is 2.14. The summed E-state index contributed by atoms with van der Waals surface area (Å²) >= 11 is 0. The zero-order valence-corrected chi connectivity index (χ0v) is 11.9. The normalized spacial score (nSPS) is 16.6. The van der Waals surface area contributed by atoms with E-state index in [2.05, 4.69) is 16.9 Å². The van der Waals surface area contributed by atoms with E-state index in [9.17, 15) is 0 Å². The van der Waals surface area contributed by atoms with E-state index in [1.807, 2.05) is 26.0 Å². The van der Waals surface area contributed by atoms with Gasteiger partial charge in [0.25, 0.3) is 0 Å². The van der Waals surface area contributed by atoms with Gasteiger partial charge in [-0.1, -0.05) is 0 Å². The highest BCUT2D eigenvalue weighted by molar-refractivity contribution is 5.54. The molecule has 0 spiro atoms. The number of nitrogens with zero attached hydrogens (tertiary/aromatic N) is 2. The molecule has 2 rings (SSSR count). The van der Waals surface area contributed by atoms with Gasteiger partial charge in [0.1, 0.15) is 5.82 Å². The fraction of sp³-hybridized carbons (Fsp3) is 0.643. The number of nitrogen functional groups attached to an aromatic ring is 1. The molecular formula is C14H23N3O2. The lowest BCUT2D eigenvalue weighted by Gasteiger charge is -2.32. The predicted molar refractivity (Wildman–Crippen MR) is 76.7 cm³/mol. The van der Waals surface area contributed by atoms with Gasteiger partial charge < -0.3 is 20.1 Å². The van der Waals surface area contributed by atoms with Crippen LogP contribution in [0.1, 0.15) is 26.7 Å². The lowest BCUT2D eigenvalue weighted by molar-refractivity contribution is 0.0853. The topological polar surface area (TPSA) is 60.6 Å². The largest absolute Gasteiger partial charge is 0.473 e. The van der Waals surface area contributed by atoms with Gasteiger partial charge in [0.2, 0.25) is 5.88 Å². The first-order valence-electron chi connectivity index (χ1n) is 6.81. The first-order valence-corrected chi connectivity index (χ1v) is 6.81. The maximum absolute atomic E-state index is 5.89. The van der Waals surface area contributed by atoms with Crippen molar-refractivity contribution < 1.29 is 9.47 Å². The van der Waals surface area contributed by atoms with Crippen LogP contribution in [-0.4, -0.2) is 37.4 Å². The number of nitrogens with two attached hydrogens (primary N) is 1. The third kappa shape index (κ3) is 3.50. The van der Waals surface area contributed by atoms with Gasteiger partial charge in [0, 0.05) is 26.3 Å². The van der Waals surface area contributed by atoms with Crippen LogP contribution in [0.2, 0.25) is 0 Å². The summed E-state index contributed by atoms with van der Waals surface area (Å²) in [5.74, 6) is 1.42. The average Bonchev–Trinajstić information content (AvgIpc) is 2.41. The van der Waals surface area contributed by atoms with Gasteiger partial charge in [-0.15, -0.1) is 0 Å².